The van der Waals surface area contributed by atoms with Crippen LogP contribution in [0.5, 0.6) is 5.75 Å². The zero-order valence-corrected chi connectivity index (χ0v) is 15.2. The lowest BCUT2D eigenvalue weighted by molar-refractivity contribution is -0.127. The predicted molar refractivity (Wildman–Crippen MR) is 106 cm³/mol. The van der Waals surface area contributed by atoms with Gasteiger partial charge in [0, 0.05) is 30.4 Å². The maximum atomic E-state index is 12.3. The molecule has 28 heavy (non-hydrogen) atoms. The fraction of sp³-hybridized carbons (Fsp3) is 0.136. The number of carbonyl (C=O) groups is 1. The van der Waals surface area contributed by atoms with E-state index < -0.39 is 11.7 Å². The largest absolute Gasteiger partial charge is 0.481 e. The molecule has 0 saturated carbocycles. The van der Waals surface area contributed by atoms with Crippen LogP contribution in [-0.4, -0.2) is 17.0 Å². The molecule has 0 radical (unpaired) electrons. The van der Waals surface area contributed by atoms with E-state index in [0.717, 1.165) is 16.3 Å². The molecule has 6 heteroatoms. The van der Waals surface area contributed by atoms with E-state index in [0.29, 0.717) is 23.3 Å². The molecule has 1 amide bonds. The van der Waals surface area contributed by atoms with Gasteiger partial charge in [-0.25, -0.2) is 4.79 Å². The second-order valence-corrected chi connectivity index (χ2v) is 6.43. The van der Waals surface area contributed by atoms with E-state index in [2.05, 4.69) is 10.3 Å². The second-order valence-electron chi connectivity index (χ2n) is 6.43. The Hall–Kier alpha value is -3.67. The van der Waals surface area contributed by atoms with Crippen LogP contribution in [0.4, 0.5) is 0 Å². The van der Waals surface area contributed by atoms with E-state index >= 15 is 0 Å². The van der Waals surface area contributed by atoms with Gasteiger partial charge in [0.2, 0.25) is 0 Å². The summed E-state index contributed by atoms with van der Waals surface area (Å²) < 4.78 is 11.2. The first kappa shape index (κ1) is 17.7. The molecule has 4 rings (SSSR count). The summed E-state index contributed by atoms with van der Waals surface area (Å²) in [6, 6.07) is 16.2. The molecule has 2 heterocycles. The summed E-state index contributed by atoms with van der Waals surface area (Å²) in [4.78, 5) is 28.5. The molecule has 2 aromatic heterocycles. The lowest BCUT2D eigenvalue weighted by Crippen LogP contribution is -2.35. The fourth-order valence-corrected chi connectivity index (χ4v) is 3.03. The minimum atomic E-state index is -0.707. The summed E-state index contributed by atoms with van der Waals surface area (Å²) in [5.74, 6) is 0.207. The molecular formula is C22H18N2O4. The van der Waals surface area contributed by atoms with Crippen molar-refractivity contribution in [3.05, 3.63) is 83.0 Å². The molecule has 0 bridgehead atoms. The highest BCUT2D eigenvalue weighted by molar-refractivity contribution is 6.04. The molecule has 4 aromatic rings. The Kier molecular flexibility index (Phi) is 4.76. The molecule has 2 aromatic carbocycles. The monoisotopic (exact) mass is 374 g/mol. The standard InChI is InChI=1S/C22H18N2O4/c1-14(21(25)24-13-15-5-4-10-23-12-15)27-16-8-9-18-17-6-2-3-7-19(17)22(26)28-20(18)11-16/h2-12,14H,13H2,1H3,(H,24,25). The van der Waals surface area contributed by atoms with Crippen molar-refractivity contribution in [2.75, 3.05) is 0 Å². The number of nitrogens with one attached hydrogen (secondary N) is 1. The summed E-state index contributed by atoms with van der Waals surface area (Å²) in [5, 5.41) is 4.98. The molecule has 1 N–H and O–H groups in total. The average Bonchev–Trinajstić information content (AvgIpc) is 2.73. The Labute approximate surface area is 160 Å². The number of pyridine rings is 1. The maximum absolute atomic E-state index is 12.3. The van der Waals surface area contributed by atoms with E-state index in [4.69, 9.17) is 9.15 Å². The number of benzene rings is 2. The molecule has 1 unspecified atom stereocenters. The van der Waals surface area contributed by atoms with Crippen LogP contribution in [0.25, 0.3) is 21.7 Å². The minimum Gasteiger partial charge on any atom is -0.481 e. The van der Waals surface area contributed by atoms with E-state index in [-0.39, 0.29) is 5.91 Å². The molecule has 1 atom stereocenters. The zero-order valence-electron chi connectivity index (χ0n) is 15.2. The van der Waals surface area contributed by atoms with Crippen LogP contribution in [0.3, 0.4) is 0 Å². The number of fused-ring (bicyclic) bond motifs is 3. The van der Waals surface area contributed by atoms with Crippen molar-refractivity contribution in [2.45, 2.75) is 19.6 Å². The number of carbonyl (C=O) groups excluding carboxylic acids is 1. The highest BCUT2D eigenvalue weighted by Gasteiger charge is 2.15. The Morgan fingerprint density at radius 3 is 2.71 bits per heavy atom. The van der Waals surface area contributed by atoms with Crippen molar-refractivity contribution < 1.29 is 13.9 Å². The summed E-state index contributed by atoms with van der Waals surface area (Å²) in [5.41, 5.74) is 0.925. The van der Waals surface area contributed by atoms with E-state index in [1.807, 2.05) is 30.3 Å². The Balaban J connectivity index is 1.52. The summed E-state index contributed by atoms with van der Waals surface area (Å²) in [6.45, 7) is 2.04. The topological polar surface area (TPSA) is 81.4 Å². The van der Waals surface area contributed by atoms with E-state index in [1.54, 1.807) is 43.6 Å². The van der Waals surface area contributed by atoms with Crippen molar-refractivity contribution in [3.63, 3.8) is 0 Å². The maximum Gasteiger partial charge on any atom is 0.344 e. The molecule has 0 aliphatic rings. The number of nitrogens with zero attached hydrogens (tertiary/aromatic N) is 1. The number of hydrogen-bond acceptors (Lipinski definition) is 5. The van der Waals surface area contributed by atoms with Gasteiger partial charge in [0.25, 0.3) is 5.91 Å². The highest BCUT2D eigenvalue weighted by atomic mass is 16.5. The minimum absolute atomic E-state index is 0.246. The quantitative estimate of drug-likeness (QED) is 0.428. The lowest BCUT2D eigenvalue weighted by Gasteiger charge is -2.15. The number of ether oxygens (including phenoxy) is 1. The first-order valence-electron chi connectivity index (χ1n) is 8.91. The Bertz CT molecular complexity index is 1200. The number of hydrogen-bond donors (Lipinski definition) is 1. The van der Waals surface area contributed by atoms with Crippen molar-refractivity contribution in [1.82, 2.24) is 10.3 Å². The van der Waals surface area contributed by atoms with Crippen molar-refractivity contribution in [2.24, 2.45) is 0 Å². The van der Waals surface area contributed by atoms with Gasteiger partial charge in [0.1, 0.15) is 11.3 Å². The third kappa shape index (κ3) is 3.57. The van der Waals surface area contributed by atoms with E-state index in [9.17, 15) is 9.59 Å². The van der Waals surface area contributed by atoms with Crippen LogP contribution < -0.4 is 15.7 Å². The van der Waals surface area contributed by atoms with Crippen molar-refractivity contribution >= 4 is 27.6 Å². The van der Waals surface area contributed by atoms with Gasteiger partial charge in [0.05, 0.1) is 5.39 Å². The normalized spacial score (nSPS) is 12.0. The SMILES string of the molecule is CC(Oc1ccc2c(c1)oc(=O)c1ccccc12)C(=O)NCc1cccnc1. The first-order valence-corrected chi connectivity index (χ1v) is 8.91. The third-order valence-corrected chi connectivity index (χ3v) is 4.46. The van der Waals surface area contributed by atoms with E-state index in [1.165, 1.54) is 0 Å². The predicted octanol–water partition coefficient (Wildman–Crippen LogP) is 3.42. The molecule has 0 saturated heterocycles. The van der Waals surface area contributed by atoms with Crippen LogP contribution in [0.15, 0.2) is 76.2 Å². The van der Waals surface area contributed by atoms with Gasteiger partial charge in [-0.3, -0.25) is 9.78 Å². The zero-order chi connectivity index (χ0) is 19.5. The summed E-state index contributed by atoms with van der Waals surface area (Å²) in [7, 11) is 0. The Morgan fingerprint density at radius 2 is 1.93 bits per heavy atom. The lowest BCUT2D eigenvalue weighted by atomic mass is 10.1. The fourth-order valence-electron chi connectivity index (χ4n) is 3.03. The summed E-state index contributed by atoms with van der Waals surface area (Å²) >= 11 is 0. The van der Waals surface area contributed by atoms with Gasteiger partial charge in [-0.15, -0.1) is 0 Å². The van der Waals surface area contributed by atoms with Gasteiger partial charge in [-0.1, -0.05) is 24.3 Å². The van der Waals surface area contributed by atoms with Crippen LogP contribution >= 0.6 is 0 Å². The van der Waals surface area contributed by atoms with Crippen LogP contribution in [-0.2, 0) is 11.3 Å². The molecule has 6 nitrogen and oxygen atoms in total. The van der Waals surface area contributed by atoms with Gasteiger partial charge >= 0.3 is 5.63 Å². The van der Waals surface area contributed by atoms with Crippen molar-refractivity contribution in [1.29, 1.82) is 0 Å². The first-order chi connectivity index (χ1) is 13.6. The molecule has 0 fully saturated rings. The molecule has 0 aliphatic heterocycles. The molecule has 140 valence electrons. The van der Waals surface area contributed by atoms with Gasteiger partial charge < -0.3 is 14.5 Å². The van der Waals surface area contributed by atoms with Crippen LogP contribution in [0.2, 0.25) is 0 Å². The molecular weight excluding hydrogens is 356 g/mol. The van der Waals surface area contributed by atoms with Gasteiger partial charge in [-0.2, -0.15) is 0 Å². The highest BCUT2D eigenvalue weighted by Crippen LogP contribution is 2.26. The average molecular weight is 374 g/mol. The van der Waals surface area contributed by atoms with Gasteiger partial charge in [-0.05, 0) is 42.1 Å². The van der Waals surface area contributed by atoms with Crippen molar-refractivity contribution in [3.8, 4) is 5.75 Å². The summed E-state index contributed by atoms with van der Waals surface area (Å²) in [6.07, 6.45) is 2.67. The third-order valence-electron chi connectivity index (χ3n) is 4.46. The second kappa shape index (κ2) is 7.52. The van der Waals surface area contributed by atoms with Crippen LogP contribution in [0, 0.1) is 0 Å². The number of amides is 1. The number of aromatic nitrogens is 1. The number of rotatable bonds is 5. The molecule has 0 spiro atoms. The smallest absolute Gasteiger partial charge is 0.344 e. The molecule has 0 aliphatic carbocycles. The Morgan fingerprint density at radius 1 is 1.11 bits per heavy atom. The van der Waals surface area contributed by atoms with Crippen LogP contribution in [0.1, 0.15) is 12.5 Å². The van der Waals surface area contributed by atoms with Gasteiger partial charge in [0.15, 0.2) is 6.10 Å².